The van der Waals surface area contributed by atoms with Crippen LogP contribution in [0.5, 0.6) is 0 Å². The second kappa shape index (κ2) is 6.58. The van der Waals surface area contributed by atoms with E-state index < -0.39 is 0 Å². The minimum Gasteiger partial charge on any atom is -0.301 e. The number of thioether (sulfide) groups is 2. The number of aryl methyl sites for hydroxylation is 1. The second-order valence-corrected chi connectivity index (χ2v) is 6.57. The molecule has 0 spiro atoms. The molecule has 0 fully saturated rings. The SMILES string of the molecule is CSc1nc(C(C)C)nc(C)c1C(=O)NC1=NCCS1. The van der Waals surface area contributed by atoms with Crippen molar-refractivity contribution in [3.05, 3.63) is 17.1 Å². The molecule has 5 nitrogen and oxygen atoms in total. The van der Waals surface area contributed by atoms with Crippen LogP contribution in [0.3, 0.4) is 0 Å². The number of carbonyl (C=O) groups is 1. The Hall–Kier alpha value is -1.08. The number of nitrogens with one attached hydrogen (secondary N) is 1. The molecule has 108 valence electrons. The molecule has 1 aliphatic heterocycles. The van der Waals surface area contributed by atoms with Crippen LogP contribution in [-0.4, -0.2) is 39.6 Å². The highest BCUT2D eigenvalue weighted by Crippen LogP contribution is 2.23. The summed E-state index contributed by atoms with van der Waals surface area (Å²) in [7, 11) is 0. The Morgan fingerprint density at radius 1 is 1.40 bits per heavy atom. The van der Waals surface area contributed by atoms with Crippen molar-refractivity contribution in [3.63, 3.8) is 0 Å². The average molecular weight is 310 g/mol. The van der Waals surface area contributed by atoms with Gasteiger partial charge in [-0.15, -0.1) is 11.8 Å². The first-order valence-electron chi connectivity index (χ1n) is 6.44. The summed E-state index contributed by atoms with van der Waals surface area (Å²) in [6.07, 6.45) is 1.92. The van der Waals surface area contributed by atoms with Crippen LogP contribution in [0, 0.1) is 6.92 Å². The van der Waals surface area contributed by atoms with E-state index in [-0.39, 0.29) is 11.8 Å². The topological polar surface area (TPSA) is 67.2 Å². The summed E-state index contributed by atoms with van der Waals surface area (Å²) in [5.74, 6) is 1.77. The first-order chi connectivity index (χ1) is 9.52. The van der Waals surface area contributed by atoms with Crippen molar-refractivity contribution < 1.29 is 4.79 Å². The first-order valence-corrected chi connectivity index (χ1v) is 8.65. The van der Waals surface area contributed by atoms with Gasteiger partial charge in [-0.3, -0.25) is 9.79 Å². The van der Waals surface area contributed by atoms with Crippen molar-refractivity contribution in [2.75, 3.05) is 18.6 Å². The van der Waals surface area contributed by atoms with Gasteiger partial charge in [-0.1, -0.05) is 25.6 Å². The van der Waals surface area contributed by atoms with Crippen LogP contribution in [0.4, 0.5) is 0 Å². The van der Waals surface area contributed by atoms with Gasteiger partial charge in [0.2, 0.25) is 0 Å². The fourth-order valence-corrected chi connectivity index (χ4v) is 3.16. The number of hydrogen-bond donors (Lipinski definition) is 1. The van der Waals surface area contributed by atoms with Crippen LogP contribution in [-0.2, 0) is 0 Å². The predicted octanol–water partition coefficient (Wildman–Crippen LogP) is 2.46. The van der Waals surface area contributed by atoms with Gasteiger partial charge in [0, 0.05) is 11.7 Å². The summed E-state index contributed by atoms with van der Waals surface area (Å²) < 4.78 is 0. The number of amides is 1. The number of amidine groups is 1. The molecule has 1 aliphatic rings. The third-order valence-electron chi connectivity index (χ3n) is 2.82. The van der Waals surface area contributed by atoms with Gasteiger partial charge in [0.05, 0.1) is 17.8 Å². The summed E-state index contributed by atoms with van der Waals surface area (Å²) in [5.41, 5.74) is 1.27. The molecule has 2 heterocycles. The van der Waals surface area contributed by atoms with Crippen LogP contribution in [0.2, 0.25) is 0 Å². The van der Waals surface area contributed by atoms with E-state index in [2.05, 4.69) is 20.3 Å². The normalized spacial score (nSPS) is 14.6. The van der Waals surface area contributed by atoms with Gasteiger partial charge >= 0.3 is 0 Å². The summed E-state index contributed by atoms with van der Waals surface area (Å²) in [5, 5.41) is 4.25. The summed E-state index contributed by atoms with van der Waals surface area (Å²) in [4.78, 5) is 25.6. The van der Waals surface area contributed by atoms with Crippen molar-refractivity contribution in [3.8, 4) is 0 Å². The molecule has 1 aromatic rings. The van der Waals surface area contributed by atoms with Crippen molar-refractivity contribution in [1.82, 2.24) is 15.3 Å². The van der Waals surface area contributed by atoms with E-state index in [4.69, 9.17) is 0 Å². The zero-order chi connectivity index (χ0) is 14.7. The molecule has 0 unspecified atom stereocenters. The van der Waals surface area contributed by atoms with Crippen LogP contribution in [0.15, 0.2) is 10.0 Å². The molecular weight excluding hydrogens is 292 g/mol. The maximum Gasteiger partial charge on any atom is 0.261 e. The van der Waals surface area contributed by atoms with Crippen LogP contribution < -0.4 is 5.32 Å². The second-order valence-electron chi connectivity index (χ2n) is 4.70. The van der Waals surface area contributed by atoms with Crippen molar-refractivity contribution >= 4 is 34.6 Å². The van der Waals surface area contributed by atoms with E-state index in [1.54, 1.807) is 11.8 Å². The van der Waals surface area contributed by atoms with Gasteiger partial charge in [-0.05, 0) is 13.2 Å². The highest BCUT2D eigenvalue weighted by Gasteiger charge is 2.21. The van der Waals surface area contributed by atoms with E-state index in [9.17, 15) is 4.79 Å². The number of aromatic nitrogens is 2. The molecule has 0 radical (unpaired) electrons. The number of aliphatic imine (C=N–C) groups is 1. The number of rotatable bonds is 3. The van der Waals surface area contributed by atoms with Crippen molar-refractivity contribution in [2.24, 2.45) is 4.99 Å². The molecule has 1 aromatic heterocycles. The van der Waals surface area contributed by atoms with Gasteiger partial charge in [-0.2, -0.15) is 0 Å². The first kappa shape index (κ1) is 15.3. The molecule has 7 heteroatoms. The Kier molecular flexibility index (Phi) is 5.04. The van der Waals surface area contributed by atoms with Crippen LogP contribution >= 0.6 is 23.5 Å². The third-order valence-corrected chi connectivity index (χ3v) is 4.39. The Balaban J connectivity index is 2.32. The molecule has 1 N–H and O–H groups in total. The summed E-state index contributed by atoms with van der Waals surface area (Å²) in [6.45, 7) is 6.70. The number of hydrogen-bond acceptors (Lipinski definition) is 6. The van der Waals surface area contributed by atoms with Gasteiger partial charge in [0.25, 0.3) is 5.91 Å². The standard InChI is InChI=1S/C13H18N4OS2/c1-7(2)10-15-8(3)9(12(16-10)19-4)11(18)17-13-14-5-6-20-13/h7H,5-6H2,1-4H3,(H,14,17,18). The zero-order valence-corrected chi connectivity index (χ0v) is 13.7. The molecule has 0 bridgehead atoms. The van der Waals surface area contributed by atoms with Crippen LogP contribution in [0.1, 0.15) is 41.6 Å². The lowest BCUT2D eigenvalue weighted by Crippen LogP contribution is -2.29. The highest BCUT2D eigenvalue weighted by atomic mass is 32.2. The number of nitrogens with zero attached hydrogens (tertiary/aromatic N) is 3. The minimum atomic E-state index is -0.171. The fraction of sp³-hybridized carbons (Fsp3) is 0.538. The van der Waals surface area contributed by atoms with Gasteiger partial charge in [-0.25, -0.2) is 9.97 Å². The van der Waals surface area contributed by atoms with Crippen molar-refractivity contribution in [2.45, 2.75) is 31.7 Å². The van der Waals surface area contributed by atoms with Gasteiger partial charge in [0.1, 0.15) is 10.9 Å². The predicted molar refractivity (Wildman–Crippen MR) is 84.9 cm³/mol. The Bertz CT molecular complexity index is 558. The summed E-state index contributed by atoms with van der Waals surface area (Å²) >= 11 is 3.03. The molecule has 0 saturated heterocycles. The smallest absolute Gasteiger partial charge is 0.261 e. The molecule has 2 rings (SSSR count). The van der Waals surface area contributed by atoms with E-state index in [1.807, 2.05) is 27.0 Å². The summed E-state index contributed by atoms with van der Waals surface area (Å²) in [6, 6.07) is 0. The number of carbonyl (C=O) groups excluding carboxylic acids is 1. The lowest BCUT2D eigenvalue weighted by Gasteiger charge is -2.13. The zero-order valence-electron chi connectivity index (χ0n) is 12.1. The largest absolute Gasteiger partial charge is 0.301 e. The Labute approximate surface area is 127 Å². The van der Waals surface area contributed by atoms with Gasteiger partial charge < -0.3 is 5.32 Å². The lowest BCUT2D eigenvalue weighted by atomic mass is 10.1. The average Bonchev–Trinajstić information content (AvgIpc) is 2.90. The molecule has 0 atom stereocenters. The van der Waals surface area contributed by atoms with E-state index in [1.165, 1.54) is 11.8 Å². The maximum atomic E-state index is 12.4. The Morgan fingerprint density at radius 3 is 2.70 bits per heavy atom. The molecule has 1 amide bonds. The molecule has 0 aliphatic carbocycles. The van der Waals surface area contributed by atoms with Crippen molar-refractivity contribution in [1.29, 1.82) is 0 Å². The third kappa shape index (κ3) is 3.32. The Morgan fingerprint density at radius 2 is 2.15 bits per heavy atom. The molecule has 0 saturated carbocycles. The minimum absolute atomic E-state index is 0.171. The lowest BCUT2D eigenvalue weighted by molar-refractivity contribution is 0.0973. The fourth-order valence-electron chi connectivity index (χ4n) is 1.81. The molecular formula is C13H18N4OS2. The molecule has 0 aromatic carbocycles. The van der Waals surface area contributed by atoms with E-state index in [0.29, 0.717) is 16.4 Å². The highest BCUT2D eigenvalue weighted by molar-refractivity contribution is 8.14. The maximum absolute atomic E-state index is 12.4. The molecule has 20 heavy (non-hydrogen) atoms. The quantitative estimate of drug-likeness (QED) is 0.686. The van der Waals surface area contributed by atoms with E-state index in [0.717, 1.165) is 23.1 Å². The monoisotopic (exact) mass is 310 g/mol. The van der Waals surface area contributed by atoms with Gasteiger partial charge in [0.15, 0.2) is 5.17 Å². The van der Waals surface area contributed by atoms with Crippen LogP contribution in [0.25, 0.3) is 0 Å². The van der Waals surface area contributed by atoms with E-state index >= 15 is 0 Å².